The van der Waals surface area contributed by atoms with E-state index < -0.39 is 0 Å². The second-order valence-corrected chi connectivity index (χ2v) is 5.50. The van der Waals surface area contributed by atoms with Gasteiger partial charge in [0.15, 0.2) is 0 Å². The molecule has 1 aliphatic heterocycles. The molecule has 0 spiro atoms. The highest BCUT2D eigenvalue weighted by Gasteiger charge is 2.24. The maximum Gasteiger partial charge on any atom is 0.409 e. The lowest BCUT2D eigenvalue weighted by molar-refractivity contribution is 0.0791. The van der Waals surface area contributed by atoms with Gasteiger partial charge in [0.05, 0.1) is 7.11 Å². The van der Waals surface area contributed by atoms with Crippen molar-refractivity contribution < 1.29 is 14.3 Å². The van der Waals surface area contributed by atoms with Crippen LogP contribution in [0, 0.1) is 0 Å². The van der Waals surface area contributed by atoms with Gasteiger partial charge in [-0.3, -0.25) is 0 Å². The Morgan fingerprint density at radius 1 is 1.20 bits per heavy atom. The molecule has 2 rings (SSSR count). The Morgan fingerprint density at radius 2 is 1.80 bits per heavy atom. The molecule has 4 heteroatoms. The fourth-order valence-electron chi connectivity index (χ4n) is 2.41. The van der Waals surface area contributed by atoms with E-state index in [0.29, 0.717) is 19.0 Å². The van der Waals surface area contributed by atoms with Gasteiger partial charge in [0.25, 0.3) is 0 Å². The highest BCUT2D eigenvalue weighted by Crippen LogP contribution is 2.22. The molecule has 1 aromatic carbocycles. The van der Waals surface area contributed by atoms with Crippen LogP contribution in [0.4, 0.5) is 4.79 Å². The maximum absolute atomic E-state index is 11.4. The molecule has 0 aliphatic carbocycles. The fraction of sp³-hybridized carbons (Fsp3) is 0.562. The average molecular weight is 277 g/mol. The van der Waals surface area contributed by atoms with E-state index in [4.69, 9.17) is 9.47 Å². The van der Waals surface area contributed by atoms with Gasteiger partial charge in [-0.15, -0.1) is 0 Å². The normalized spacial score (nSPS) is 16.3. The maximum atomic E-state index is 11.4. The average Bonchev–Trinajstić information content (AvgIpc) is 2.48. The van der Waals surface area contributed by atoms with Crippen LogP contribution < -0.4 is 4.74 Å². The number of likely N-dealkylation sites (tertiary alicyclic amines) is 1. The SMILES string of the molecule is COC(=O)N1CCC(Oc2ccc(C(C)C)cc2)CC1. The molecular formula is C16H23NO3. The summed E-state index contributed by atoms with van der Waals surface area (Å²) < 4.78 is 10.7. The van der Waals surface area contributed by atoms with Crippen LogP contribution in [0.1, 0.15) is 38.2 Å². The number of piperidine rings is 1. The number of ether oxygens (including phenoxy) is 2. The second-order valence-electron chi connectivity index (χ2n) is 5.50. The lowest BCUT2D eigenvalue weighted by Gasteiger charge is -2.31. The van der Waals surface area contributed by atoms with Gasteiger partial charge in [-0.05, 0) is 23.6 Å². The van der Waals surface area contributed by atoms with Crippen molar-refractivity contribution in [1.29, 1.82) is 0 Å². The highest BCUT2D eigenvalue weighted by atomic mass is 16.5. The minimum absolute atomic E-state index is 0.181. The van der Waals surface area contributed by atoms with Crippen molar-refractivity contribution in [2.75, 3.05) is 20.2 Å². The third kappa shape index (κ3) is 3.65. The molecule has 0 radical (unpaired) electrons. The van der Waals surface area contributed by atoms with E-state index in [-0.39, 0.29) is 12.2 Å². The van der Waals surface area contributed by atoms with E-state index in [2.05, 4.69) is 26.0 Å². The monoisotopic (exact) mass is 277 g/mol. The molecule has 1 fully saturated rings. The summed E-state index contributed by atoms with van der Waals surface area (Å²) in [4.78, 5) is 13.1. The van der Waals surface area contributed by atoms with E-state index in [9.17, 15) is 4.79 Å². The van der Waals surface area contributed by atoms with Crippen molar-refractivity contribution in [1.82, 2.24) is 4.90 Å². The zero-order chi connectivity index (χ0) is 14.5. The summed E-state index contributed by atoms with van der Waals surface area (Å²) in [6, 6.07) is 8.29. The number of rotatable bonds is 3. The Bertz CT molecular complexity index is 434. The first kappa shape index (κ1) is 14.7. The Labute approximate surface area is 120 Å². The first-order valence-corrected chi connectivity index (χ1v) is 7.19. The number of carbonyl (C=O) groups is 1. The van der Waals surface area contributed by atoms with E-state index in [0.717, 1.165) is 18.6 Å². The molecule has 1 saturated heterocycles. The number of methoxy groups -OCH3 is 1. The van der Waals surface area contributed by atoms with Crippen molar-refractivity contribution >= 4 is 6.09 Å². The van der Waals surface area contributed by atoms with Gasteiger partial charge in [0.1, 0.15) is 11.9 Å². The van der Waals surface area contributed by atoms with E-state index >= 15 is 0 Å². The first-order chi connectivity index (χ1) is 9.60. The standard InChI is InChI=1S/C16H23NO3/c1-12(2)13-4-6-14(7-5-13)20-15-8-10-17(11-9-15)16(18)19-3/h4-7,12,15H,8-11H2,1-3H3. The summed E-state index contributed by atoms with van der Waals surface area (Å²) in [5, 5.41) is 0. The predicted octanol–water partition coefficient (Wildman–Crippen LogP) is 3.42. The van der Waals surface area contributed by atoms with Gasteiger partial charge in [-0.2, -0.15) is 0 Å². The number of nitrogens with zero attached hydrogens (tertiary/aromatic N) is 1. The minimum Gasteiger partial charge on any atom is -0.490 e. The number of benzene rings is 1. The number of carbonyl (C=O) groups excluding carboxylic acids is 1. The summed E-state index contributed by atoms with van der Waals surface area (Å²) in [6.07, 6.45) is 1.63. The summed E-state index contributed by atoms with van der Waals surface area (Å²) >= 11 is 0. The largest absolute Gasteiger partial charge is 0.490 e. The molecule has 0 bridgehead atoms. The molecular weight excluding hydrogens is 254 g/mol. The van der Waals surface area contributed by atoms with E-state index in [1.165, 1.54) is 12.7 Å². The molecule has 0 aromatic heterocycles. The number of hydrogen-bond acceptors (Lipinski definition) is 3. The second kappa shape index (κ2) is 6.64. The van der Waals surface area contributed by atoms with E-state index in [1.54, 1.807) is 4.90 Å². The summed E-state index contributed by atoms with van der Waals surface area (Å²) in [5.74, 6) is 1.44. The minimum atomic E-state index is -0.246. The van der Waals surface area contributed by atoms with Crippen molar-refractivity contribution in [3.63, 3.8) is 0 Å². The third-order valence-electron chi connectivity index (χ3n) is 3.72. The van der Waals surface area contributed by atoms with Gasteiger partial charge < -0.3 is 14.4 Å². The molecule has 0 N–H and O–H groups in total. The Balaban J connectivity index is 1.84. The molecule has 1 aromatic rings. The molecule has 0 unspecified atom stereocenters. The van der Waals surface area contributed by atoms with Crippen molar-refractivity contribution in [2.24, 2.45) is 0 Å². The lowest BCUT2D eigenvalue weighted by Crippen LogP contribution is -2.41. The summed E-state index contributed by atoms with van der Waals surface area (Å²) in [5.41, 5.74) is 1.32. The van der Waals surface area contributed by atoms with Crippen molar-refractivity contribution in [3.05, 3.63) is 29.8 Å². The fourth-order valence-corrected chi connectivity index (χ4v) is 2.41. The number of hydrogen-bond donors (Lipinski definition) is 0. The van der Waals surface area contributed by atoms with Crippen LogP contribution in [0.15, 0.2) is 24.3 Å². The topological polar surface area (TPSA) is 38.8 Å². The lowest BCUT2D eigenvalue weighted by atomic mass is 10.0. The van der Waals surface area contributed by atoms with E-state index in [1.807, 2.05) is 12.1 Å². The van der Waals surface area contributed by atoms with Crippen LogP contribution in [0.3, 0.4) is 0 Å². The number of amides is 1. The predicted molar refractivity (Wildman–Crippen MR) is 78.2 cm³/mol. The highest BCUT2D eigenvalue weighted by molar-refractivity contribution is 5.67. The van der Waals surface area contributed by atoms with Crippen LogP contribution in [0.5, 0.6) is 5.75 Å². The molecule has 1 amide bonds. The van der Waals surface area contributed by atoms with Crippen LogP contribution in [-0.4, -0.2) is 37.3 Å². The van der Waals surface area contributed by atoms with Gasteiger partial charge in [-0.25, -0.2) is 4.79 Å². The van der Waals surface area contributed by atoms with Gasteiger partial charge in [0.2, 0.25) is 0 Å². The molecule has 0 saturated carbocycles. The molecule has 1 heterocycles. The Hall–Kier alpha value is -1.71. The van der Waals surface area contributed by atoms with Crippen LogP contribution in [-0.2, 0) is 4.74 Å². The van der Waals surface area contributed by atoms with Crippen molar-refractivity contribution in [3.8, 4) is 5.75 Å². The van der Waals surface area contributed by atoms with Crippen LogP contribution in [0.2, 0.25) is 0 Å². The van der Waals surface area contributed by atoms with Crippen molar-refractivity contribution in [2.45, 2.75) is 38.7 Å². The molecule has 4 nitrogen and oxygen atoms in total. The quantitative estimate of drug-likeness (QED) is 0.849. The Kier molecular flexibility index (Phi) is 4.88. The summed E-state index contributed by atoms with van der Waals surface area (Å²) in [7, 11) is 1.42. The zero-order valence-electron chi connectivity index (χ0n) is 12.5. The zero-order valence-corrected chi connectivity index (χ0v) is 12.5. The molecule has 1 aliphatic rings. The van der Waals surface area contributed by atoms with Gasteiger partial charge in [-0.1, -0.05) is 26.0 Å². The van der Waals surface area contributed by atoms with Gasteiger partial charge in [0, 0.05) is 25.9 Å². The molecule has 110 valence electrons. The molecule has 0 atom stereocenters. The molecule has 20 heavy (non-hydrogen) atoms. The first-order valence-electron chi connectivity index (χ1n) is 7.19. The van der Waals surface area contributed by atoms with Gasteiger partial charge >= 0.3 is 6.09 Å². The van der Waals surface area contributed by atoms with Crippen LogP contribution >= 0.6 is 0 Å². The summed E-state index contributed by atoms with van der Waals surface area (Å²) in [6.45, 7) is 5.75. The third-order valence-corrected chi connectivity index (χ3v) is 3.72. The Morgan fingerprint density at radius 3 is 2.30 bits per heavy atom. The van der Waals surface area contributed by atoms with Crippen LogP contribution in [0.25, 0.3) is 0 Å². The smallest absolute Gasteiger partial charge is 0.409 e.